The van der Waals surface area contributed by atoms with Crippen molar-refractivity contribution >= 4 is 29.1 Å². The van der Waals surface area contributed by atoms with E-state index in [0.717, 1.165) is 36.8 Å². The number of anilines is 2. The normalized spacial score (nSPS) is 20.9. The smallest absolute Gasteiger partial charge is 0.259 e. The van der Waals surface area contributed by atoms with E-state index in [-0.39, 0.29) is 24.1 Å². The topological polar surface area (TPSA) is 117 Å². The number of nitrogens with zero attached hydrogens (tertiary/aromatic N) is 2. The summed E-state index contributed by atoms with van der Waals surface area (Å²) in [5.41, 5.74) is 9.70. The van der Waals surface area contributed by atoms with E-state index in [2.05, 4.69) is 15.6 Å². The molecule has 8 heteroatoms. The lowest BCUT2D eigenvalue weighted by atomic mass is 9.81. The lowest BCUT2D eigenvalue weighted by Crippen LogP contribution is -2.35. The molecule has 2 aliphatic rings. The minimum absolute atomic E-state index is 0.0834. The van der Waals surface area contributed by atoms with E-state index in [1.807, 2.05) is 31.2 Å². The molecule has 0 saturated heterocycles. The highest BCUT2D eigenvalue weighted by Gasteiger charge is 2.34. The molecule has 2 heterocycles. The van der Waals surface area contributed by atoms with Gasteiger partial charge >= 0.3 is 0 Å². The van der Waals surface area contributed by atoms with Gasteiger partial charge in [0.2, 0.25) is 5.91 Å². The van der Waals surface area contributed by atoms with Crippen LogP contribution in [0.25, 0.3) is 0 Å². The Labute approximate surface area is 229 Å². The quantitative estimate of drug-likeness (QED) is 0.434. The molecule has 8 nitrogen and oxygen atoms in total. The largest absolute Gasteiger partial charge is 0.352 e. The molecule has 202 valence electrons. The predicted octanol–water partition coefficient (Wildman–Crippen LogP) is 4.62. The van der Waals surface area contributed by atoms with Crippen LogP contribution in [0.5, 0.6) is 0 Å². The minimum Gasteiger partial charge on any atom is -0.352 e. The van der Waals surface area contributed by atoms with Crippen LogP contribution >= 0.6 is 0 Å². The van der Waals surface area contributed by atoms with Crippen LogP contribution in [-0.2, 0) is 4.79 Å². The molecule has 1 aliphatic heterocycles. The summed E-state index contributed by atoms with van der Waals surface area (Å²) in [5.74, 6) is 0.270. The first-order valence-electron chi connectivity index (χ1n) is 13.6. The average Bonchev–Trinajstić information content (AvgIpc) is 3.11. The van der Waals surface area contributed by atoms with Crippen molar-refractivity contribution in [3.8, 4) is 0 Å². The van der Waals surface area contributed by atoms with E-state index in [1.54, 1.807) is 47.6 Å². The van der Waals surface area contributed by atoms with Gasteiger partial charge in [-0.2, -0.15) is 0 Å². The molecular formula is C31H35N5O3. The molecule has 0 spiro atoms. The monoisotopic (exact) mass is 525 g/mol. The number of carbonyl (C=O) groups is 3. The summed E-state index contributed by atoms with van der Waals surface area (Å²) in [4.78, 5) is 45.8. The lowest BCUT2D eigenvalue weighted by molar-refractivity contribution is -0.116. The zero-order valence-electron chi connectivity index (χ0n) is 22.2. The van der Waals surface area contributed by atoms with Crippen LogP contribution < -0.4 is 21.3 Å². The van der Waals surface area contributed by atoms with Crippen LogP contribution in [0.3, 0.4) is 0 Å². The Morgan fingerprint density at radius 1 is 1.03 bits per heavy atom. The fourth-order valence-corrected chi connectivity index (χ4v) is 5.70. The van der Waals surface area contributed by atoms with Gasteiger partial charge in [-0.05, 0) is 80.5 Å². The van der Waals surface area contributed by atoms with Crippen LogP contribution in [0.2, 0.25) is 0 Å². The summed E-state index contributed by atoms with van der Waals surface area (Å²) < 4.78 is 0. The van der Waals surface area contributed by atoms with Gasteiger partial charge in [-0.3, -0.25) is 24.3 Å². The van der Waals surface area contributed by atoms with E-state index in [9.17, 15) is 14.4 Å². The first kappa shape index (κ1) is 26.6. The first-order chi connectivity index (χ1) is 18.9. The Morgan fingerprint density at radius 2 is 1.77 bits per heavy atom. The van der Waals surface area contributed by atoms with Crippen molar-refractivity contribution in [3.63, 3.8) is 0 Å². The van der Waals surface area contributed by atoms with Gasteiger partial charge < -0.3 is 16.4 Å². The number of nitrogens with two attached hydrogens (primary N) is 1. The second-order valence-electron chi connectivity index (χ2n) is 10.7. The molecule has 5 rings (SSSR count). The van der Waals surface area contributed by atoms with Crippen LogP contribution in [0.4, 0.5) is 11.4 Å². The number of amides is 3. The van der Waals surface area contributed by atoms with Crippen LogP contribution in [0.15, 0.2) is 67.0 Å². The number of carbonyl (C=O) groups excluding carboxylic acids is 3. The van der Waals surface area contributed by atoms with E-state index in [1.165, 1.54) is 0 Å². The average molecular weight is 526 g/mol. The molecule has 0 bridgehead atoms. The Morgan fingerprint density at radius 3 is 2.51 bits per heavy atom. The number of nitrogens with one attached hydrogen (secondary N) is 2. The molecule has 1 aliphatic carbocycles. The number of aromatic nitrogens is 1. The molecule has 4 N–H and O–H groups in total. The number of benzene rings is 2. The van der Waals surface area contributed by atoms with E-state index >= 15 is 0 Å². The van der Waals surface area contributed by atoms with Gasteiger partial charge in [0.1, 0.15) is 0 Å². The highest BCUT2D eigenvalue weighted by Crippen LogP contribution is 2.40. The van der Waals surface area contributed by atoms with Crippen LogP contribution in [0, 0.1) is 18.8 Å². The predicted molar refractivity (Wildman–Crippen MR) is 151 cm³/mol. The Bertz CT molecular complexity index is 1340. The first-order valence-corrected chi connectivity index (χ1v) is 13.6. The molecule has 1 saturated carbocycles. The Balaban J connectivity index is 1.45. The van der Waals surface area contributed by atoms with E-state index in [4.69, 9.17) is 5.73 Å². The van der Waals surface area contributed by atoms with Crippen molar-refractivity contribution in [1.82, 2.24) is 10.3 Å². The summed E-state index contributed by atoms with van der Waals surface area (Å²) in [6.07, 6.45) is 7.64. The van der Waals surface area contributed by atoms with Crippen molar-refractivity contribution < 1.29 is 14.4 Å². The van der Waals surface area contributed by atoms with Crippen molar-refractivity contribution in [2.45, 2.75) is 45.1 Å². The van der Waals surface area contributed by atoms with Gasteiger partial charge in [-0.25, -0.2) is 0 Å². The van der Waals surface area contributed by atoms with Crippen molar-refractivity contribution in [2.24, 2.45) is 17.6 Å². The van der Waals surface area contributed by atoms with Crippen molar-refractivity contribution in [2.75, 3.05) is 23.3 Å². The molecular weight excluding hydrogens is 490 g/mol. The second kappa shape index (κ2) is 11.8. The van der Waals surface area contributed by atoms with Gasteiger partial charge in [-0.1, -0.05) is 36.2 Å². The third kappa shape index (κ3) is 6.01. The van der Waals surface area contributed by atoms with Crippen LogP contribution in [-0.4, -0.2) is 35.8 Å². The third-order valence-corrected chi connectivity index (χ3v) is 7.87. The highest BCUT2D eigenvalue weighted by atomic mass is 16.2. The second-order valence-corrected chi connectivity index (χ2v) is 10.7. The van der Waals surface area contributed by atoms with Gasteiger partial charge in [0, 0.05) is 30.1 Å². The van der Waals surface area contributed by atoms with Gasteiger partial charge in [0.25, 0.3) is 11.8 Å². The maximum Gasteiger partial charge on any atom is 0.259 e. The molecule has 39 heavy (non-hydrogen) atoms. The number of fused-ring (bicyclic) bond motifs is 1. The van der Waals surface area contributed by atoms with Crippen LogP contribution in [0.1, 0.15) is 70.0 Å². The summed E-state index contributed by atoms with van der Waals surface area (Å²) in [6, 6.07) is 15.8. The third-order valence-electron chi connectivity index (χ3n) is 7.87. The summed E-state index contributed by atoms with van der Waals surface area (Å²) in [5, 5.41) is 6.01. The zero-order chi connectivity index (χ0) is 27.4. The van der Waals surface area contributed by atoms with E-state index < -0.39 is 6.04 Å². The lowest BCUT2D eigenvalue weighted by Gasteiger charge is -2.31. The molecule has 3 atom stereocenters. The van der Waals surface area contributed by atoms with Gasteiger partial charge in [0.15, 0.2) is 0 Å². The van der Waals surface area contributed by atoms with Crippen molar-refractivity contribution in [3.05, 3.63) is 89.2 Å². The van der Waals surface area contributed by atoms with E-state index in [0.29, 0.717) is 47.4 Å². The molecule has 3 amide bonds. The summed E-state index contributed by atoms with van der Waals surface area (Å²) in [7, 11) is 0. The summed E-state index contributed by atoms with van der Waals surface area (Å²) >= 11 is 0. The molecule has 2 aromatic carbocycles. The molecule has 0 radical (unpaired) electrons. The SMILES string of the molecule is Cc1ccc(C2CC(=O)Nc3cc(C(=O)NCC4CCCC(CN)C4)ccc3N2C(=O)c2ccncc2)cc1. The Hall–Kier alpha value is -4.04. The number of pyridine rings is 1. The minimum atomic E-state index is -0.519. The zero-order valence-corrected chi connectivity index (χ0v) is 22.2. The van der Waals surface area contributed by atoms with Crippen molar-refractivity contribution in [1.29, 1.82) is 0 Å². The maximum atomic E-state index is 13.9. The van der Waals surface area contributed by atoms with Gasteiger partial charge in [0.05, 0.1) is 23.8 Å². The molecule has 3 unspecified atom stereocenters. The van der Waals surface area contributed by atoms with Gasteiger partial charge in [-0.15, -0.1) is 0 Å². The fraction of sp³-hybridized carbons (Fsp3) is 0.355. The fourth-order valence-electron chi connectivity index (χ4n) is 5.70. The standard InChI is InChI=1S/C31H35N5O3/c1-20-5-7-23(8-6-20)28-17-29(37)35-26-16-25(30(38)34-19-22-4-2-3-21(15-22)18-32)9-10-27(26)36(28)31(39)24-11-13-33-14-12-24/h5-14,16,21-22,28H,2-4,15,17-19,32H2,1H3,(H,34,38)(H,35,37). The maximum absolute atomic E-state index is 13.9. The number of rotatable bonds is 6. The number of aryl methyl sites for hydroxylation is 1. The molecule has 1 fully saturated rings. The summed E-state index contributed by atoms with van der Waals surface area (Å²) in [6.45, 7) is 3.28. The highest BCUT2D eigenvalue weighted by molar-refractivity contribution is 6.12. The Kier molecular flexibility index (Phi) is 8.02. The molecule has 3 aromatic rings. The number of hydrogen-bond acceptors (Lipinski definition) is 5. The molecule has 1 aromatic heterocycles. The number of hydrogen-bond donors (Lipinski definition) is 3.